The van der Waals surface area contributed by atoms with Gasteiger partial charge >= 0.3 is 0 Å². The molecule has 1 aromatic carbocycles. The predicted molar refractivity (Wildman–Crippen MR) is 86.4 cm³/mol. The summed E-state index contributed by atoms with van der Waals surface area (Å²) in [5, 5.41) is 2.93. The highest BCUT2D eigenvalue weighted by Crippen LogP contribution is 2.14. The van der Waals surface area contributed by atoms with E-state index in [4.69, 9.17) is 5.73 Å². The van der Waals surface area contributed by atoms with Crippen molar-refractivity contribution in [3.63, 3.8) is 0 Å². The van der Waals surface area contributed by atoms with Gasteiger partial charge in [0.25, 0.3) is 0 Å². The molecule has 0 heterocycles. The Morgan fingerprint density at radius 3 is 2.45 bits per heavy atom. The number of halogens is 1. The van der Waals surface area contributed by atoms with Gasteiger partial charge in [-0.25, -0.2) is 0 Å². The number of rotatable bonds is 7. The van der Waals surface area contributed by atoms with Crippen LogP contribution in [0.25, 0.3) is 0 Å². The molecule has 3 atom stereocenters. The Kier molecular flexibility index (Phi) is 9.46. The molecule has 3 N–H and O–H groups in total. The molecule has 1 aromatic rings. The molecule has 0 saturated heterocycles. The van der Waals surface area contributed by atoms with Gasteiger partial charge in [0.1, 0.15) is 0 Å². The summed E-state index contributed by atoms with van der Waals surface area (Å²) >= 11 is 0. The van der Waals surface area contributed by atoms with Crippen molar-refractivity contribution in [3.8, 4) is 0 Å². The number of nitrogens with one attached hydrogen (secondary N) is 1. The lowest BCUT2D eigenvalue weighted by Gasteiger charge is -2.18. The zero-order valence-electron chi connectivity index (χ0n) is 11.9. The molecule has 20 heavy (non-hydrogen) atoms. The van der Waals surface area contributed by atoms with E-state index in [9.17, 15) is 9.00 Å². The number of hydrogen-bond acceptors (Lipinski definition) is 3. The van der Waals surface area contributed by atoms with E-state index >= 15 is 0 Å². The average molecular weight is 319 g/mol. The standard InChI is InChI=1S/C14H22N2O2S.ClH/c1-11(15)8-9-14(17)16-13(10-19(2)18)12-6-4-3-5-7-12;/h3-7,11,13H,8-10,15H2,1-2H3,(H,16,17);1H. The topological polar surface area (TPSA) is 72.2 Å². The zero-order valence-corrected chi connectivity index (χ0v) is 13.5. The van der Waals surface area contributed by atoms with E-state index in [2.05, 4.69) is 5.32 Å². The quantitative estimate of drug-likeness (QED) is 0.805. The molecular weight excluding hydrogens is 296 g/mol. The van der Waals surface area contributed by atoms with Crippen molar-refractivity contribution in [1.29, 1.82) is 0 Å². The van der Waals surface area contributed by atoms with Crippen LogP contribution in [-0.4, -0.2) is 28.2 Å². The van der Waals surface area contributed by atoms with E-state index in [0.717, 1.165) is 5.56 Å². The lowest BCUT2D eigenvalue weighted by Crippen LogP contribution is -2.32. The minimum Gasteiger partial charge on any atom is -0.348 e. The van der Waals surface area contributed by atoms with Crippen LogP contribution in [0, 0.1) is 0 Å². The minimum absolute atomic E-state index is 0. The molecule has 0 saturated carbocycles. The van der Waals surface area contributed by atoms with E-state index in [1.807, 2.05) is 37.3 Å². The fourth-order valence-electron chi connectivity index (χ4n) is 1.77. The zero-order chi connectivity index (χ0) is 14.3. The molecule has 0 aromatic heterocycles. The summed E-state index contributed by atoms with van der Waals surface area (Å²) in [6, 6.07) is 9.42. The first-order chi connectivity index (χ1) is 8.99. The highest BCUT2D eigenvalue weighted by molar-refractivity contribution is 7.84. The second-order valence-corrected chi connectivity index (χ2v) is 6.27. The van der Waals surface area contributed by atoms with E-state index in [-0.39, 0.29) is 30.4 Å². The van der Waals surface area contributed by atoms with Gasteiger partial charge in [-0.1, -0.05) is 30.3 Å². The van der Waals surface area contributed by atoms with Gasteiger partial charge in [0.05, 0.1) is 6.04 Å². The van der Waals surface area contributed by atoms with Gasteiger partial charge in [0, 0.05) is 35.3 Å². The fraction of sp³-hybridized carbons (Fsp3) is 0.500. The number of nitrogens with two attached hydrogens (primary N) is 1. The summed E-state index contributed by atoms with van der Waals surface area (Å²) < 4.78 is 11.4. The summed E-state index contributed by atoms with van der Waals surface area (Å²) in [6.45, 7) is 1.88. The third kappa shape index (κ3) is 7.62. The first kappa shape index (κ1) is 19.1. The highest BCUT2D eigenvalue weighted by atomic mass is 35.5. The van der Waals surface area contributed by atoms with Gasteiger partial charge in [0.15, 0.2) is 0 Å². The lowest BCUT2D eigenvalue weighted by atomic mass is 10.1. The van der Waals surface area contributed by atoms with Crippen LogP contribution in [0.15, 0.2) is 30.3 Å². The minimum atomic E-state index is -0.965. The Balaban J connectivity index is 0.00000361. The van der Waals surface area contributed by atoms with Crippen LogP contribution in [0.4, 0.5) is 0 Å². The van der Waals surface area contributed by atoms with Crippen LogP contribution in [-0.2, 0) is 15.6 Å². The normalized spacial score (nSPS) is 14.8. The van der Waals surface area contributed by atoms with E-state index in [1.54, 1.807) is 6.26 Å². The highest BCUT2D eigenvalue weighted by Gasteiger charge is 2.16. The van der Waals surface area contributed by atoms with Crippen LogP contribution < -0.4 is 11.1 Å². The van der Waals surface area contributed by atoms with E-state index in [1.165, 1.54) is 0 Å². The molecular formula is C14H23ClN2O2S. The number of carbonyl (C=O) groups excluding carboxylic acids is 1. The van der Waals surface area contributed by atoms with Crippen molar-refractivity contribution >= 4 is 29.1 Å². The van der Waals surface area contributed by atoms with E-state index in [0.29, 0.717) is 18.6 Å². The Hall–Kier alpha value is -0.910. The van der Waals surface area contributed by atoms with Crippen molar-refractivity contribution in [1.82, 2.24) is 5.32 Å². The largest absolute Gasteiger partial charge is 0.348 e. The number of benzene rings is 1. The molecule has 0 bridgehead atoms. The Morgan fingerprint density at radius 1 is 1.35 bits per heavy atom. The maximum Gasteiger partial charge on any atom is 0.220 e. The number of hydrogen-bond donors (Lipinski definition) is 2. The molecule has 0 aliphatic heterocycles. The first-order valence-corrected chi connectivity index (χ1v) is 8.11. The lowest BCUT2D eigenvalue weighted by molar-refractivity contribution is -0.121. The van der Waals surface area contributed by atoms with Crippen molar-refractivity contribution < 1.29 is 9.00 Å². The second kappa shape index (κ2) is 9.91. The van der Waals surface area contributed by atoms with E-state index < -0.39 is 10.8 Å². The average Bonchev–Trinajstić information content (AvgIpc) is 2.36. The van der Waals surface area contributed by atoms with Crippen LogP contribution in [0.5, 0.6) is 0 Å². The molecule has 0 fully saturated rings. The Bertz CT molecular complexity index is 426. The molecule has 0 spiro atoms. The fourth-order valence-corrected chi connectivity index (χ4v) is 2.51. The number of amides is 1. The summed E-state index contributed by atoms with van der Waals surface area (Å²) in [5.41, 5.74) is 6.61. The molecule has 1 rings (SSSR count). The van der Waals surface area contributed by atoms with Crippen LogP contribution >= 0.6 is 12.4 Å². The van der Waals surface area contributed by atoms with Gasteiger partial charge in [-0.3, -0.25) is 9.00 Å². The Labute approximate surface area is 129 Å². The van der Waals surface area contributed by atoms with Crippen LogP contribution in [0.2, 0.25) is 0 Å². The van der Waals surface area contributed by atoms with Gasteiger partial charge < -0.3 is 11.1 Å². The van der Waals surface area contributed by atoms with Crippen LogP contribution in [0.3, 0.4) is 0 Å². The van der Waals surface area contributed by atoms with Gasteiger partial charge in [-0.05, 0) is 18.9 Å². The monoisotopic (exact) mass is 318 g/mol. The maximum atomic E-state index is 11.8. The van der Waals surface area contributed by atoms with Gasteiger partial charge in [-0.15, -0.1) is 12.4 Å². The Morgan fingerprint density at radius 2 is 1.95 bits per heavy atom. The third-order valence-corrected chi connectivity index (χ3v) is 3.57. The number of carbonyl (C=O) groups is 1. The third-order valence-electron chi connectivity index (χ3n) is 2.77. The SMILES string of the molecule is CC(N)CCC(=O)NC(CS(C)=O)c1ccccc1.Cl. The molecule has 114 valence electrons. The molecule has 4 nitrogen and oxygen atoms in total. The molecule has 1 amide bonds. The molecule has 0 radical (unpaired) electrons. The molecule has 0 aliphatic rings. The predicted octanol–water partition coefficient (Wildman–Crippen LogP) is 1.77. The summed E-state index contributed by atoms with van der Waals surface area (Å²) in [5.74, 6) is 0.380. The summed E-state index contributed by atoms with van der Waals surface area (Å²) in [7, 11) is -0.965. The van der Waals surface area contributed by atoms with Crippen LogP contribution in [0.1, 0.15) is 31.4 Å². The van der Waals surface area contributed by atoms with Crippen molar-refractivity contribution in [2.75, 3.05) is 12.0 Å². The maximum absolute atomic E-state index is 11.8. The van der Waals surface area contributed by atoms with Gasteiger partial charge in [0.2, 0.25) is 5.91 Å². The van der Waals surface area contributed by atoms with Crippen molar-refractivity contribution in [2.24, 2.45) is 5.73 Å². The van der Waals surface area contributed by atoms with Crippen molar-refractivity contribution in [2.45, 2.75) is 31.8 Å². The molecule has 3 unspecified atom stereocenters. The summed E-state index contributed by atoms with van der Waals surface area (Å²) in [4.78, 5) is 11.8. The molecule has 6 heteroatoms. The second-order valence-electron chi connectivity index (χ2n) is 4.79. The van der Waals surface area contributed by atoms with Gasteiger partial charge in [-0.2, -0.15) is 0 Å². The smallest absolute Gasteiger partial charge is 0.220 e. The summed E-state index contributed by atoms with van der Waals surface area (Å²) in [6.07, 6.45) is 2.70. The first-order valence-electron chi connectivity index (χ1n) is 6.39. The molecule has 0 aliphatic carbocycles. The van der Waals surface area contributed by atoms with Crippen molar-refractivity contribution in [3.05, 3.63) is 35.9 Å².